The van der Waals surface area contributed by atoms with Crippen LogP contribution in [-0.4, -0.2) is 29.4 Å². The Morgan fingerprint density at radius 3 is 2.62 bits per heavy atom. The molecule has 0 radical (unpaired) electrons. The molecule has 1 N–H and O–H groups in total. The Morgan fingerprint density at radius 2 is 2.05 bits per heavy atom. The Bertz CT molecular complexity index is 454. The van der Waals surface area contributed by atoms with Gasteiger partial charge in [0.05, 0.1) is 12.2 Å². The van der Waals surface area contributed by atoms with Crippen molar-refractivity contribution < 1.29 is 19.4 Å². The minimum Gasteiger partial charge on any atom is -0.508 e. The highest BCUT2D eigenvalue weighted by Crippen LogP contribution is 2.22. The predicted octanol–water partition coefficient (Wildman–Crippen LogP) is 3.46. The van der Waals surface area contributed by atoms with Crippen molar-refractivity contribution in [1.82, 2.24) is 0 Å². The third-order valence-corrected chi connectivity index (χ3v) is 3.19. The summed E-state index contributed by atoms with van der Waals surface area (Å²) in [6, 6.07) is 6.86. The molecule has 1 rings (SSSR count). The maximum absolute atomic E-state index is 12.1. The van der Waals surface area contributed by atoms with E-state index in [2.05, 4.69) is 6.92 Å². The molecule has 1 atom stereocenters. The highest BCUT2D eigenvalue weighted by molar-refractivity contribution is 5.75. The van der Waals surface area contributed by atoms with Crippen LogP contribution in [0, 0.1) is 0 Å². The van der Waals surface area contributed by atoms with Crippen LogP contribution in [0.25, 0.3) is 0 Å². The maximum Gasteiger partial charge on any atom is 0.335 e. The van der Waals surface area contributed by atoms with Crippen LogP contribution in [0.5, 0.6) is 5.75 Å². The SMILES string of the molecule is CCCC(C)(C)OC(Cc1cccc(O)c1)C(=O)OCC. The zero-order chi connectivity index (χ0) is 15.9. The second-order valence-electron chi connectivity index (χ2n) is 5.74. The van der Waals surface area contributed by atoms with Crippen LogP contribution in [-0.2, 0) is 20.7 Å². The fourth-order valence-corrected chi connectivity index (χ4v) is 2.35. The van der Waals surface area contributed by atoms with Crippen LogP contribution in [0.2, 0.25) is 0 Å². The molecule has 0 saturated carbocycles. The smallest absolute Gasteiger partial charge is 0.335 e. The Kier molecular flexibility index (Phi) is 6.69. The number of phenolic OH excluding ortho intramolecular Hbond substituents is 1. The second-order valence-corrected chi connectivity index (χ2v) is 5.74. The molecule has 118 valence electrons. The predicted molar refractivity (Wildman–Crippen MR) is 82.3 cm³/mol. The molecule has 0 heterocycles. The van der Waals surface area contributed by atoms with Crippen molar-refractivity contribution in [2.24, 2.45) is 0 Å². The average Bonchev–Trinajstić information content (AvgIpc) is 2.38. The first-order valence-corrected chi connectivity index (χ1v) is 7.50. The van der Waals surface area contributed by atoms with Crippen LogP contribution in [0.4, 0.5) is 0 Å². The van der Waals surface area contributed by atoms with Crippen molar-refractivity contribution in [2.75, 3.05) is 6.61 Å². The first kappa shape index (κ1) is 17.5. The molecule has 4 nitrogen and oxygen atoms in total. The number of carbonyl (C=O) groups excluding carboxylic acids is 1. The molecule has 0 spiro atoms. The number of phenols is 1. The number of hydrogen-bond acceptors (Lipinski definition) is 4. The number of carbonyl (C=O) groups is 1. The van der Waals surface area contributed by atoms with Crippen LogP contribution in [0.15, 0.2) is 24.3 Å². The molecule has 0 aliphatic heterocycles. The van der Waals surface area contributed by atoms with Gasteiger partial charge >= 0.3 is 5.97 Å². The number of rotatable bonds is 8. The van der Waals surface area contributed by atoms with E-state index in [-0.39, 0.29) is 17.3 Å². The third kappa shape index (κ3) is 6.17. The van der Waals surface area contributed by atoms with Crippen molar-refractivity contribution in [2.45, 2.75) is 58.7 Å². The van der Waals surface area contributed by atoms with E-state index in [1.165, 1.54) is 0 Å². The molecule has 0 saturated heterocycles. The summed E-state index contributed by atoms with van der Waals surface area (Å²) in [6.45, 7) is 8.14. The van der Waals surface area contributed by atoms with Gasteiger partial charge in [0.2, 0.25) is 0 Å². The largest absolute Gasteiger partial charge is 0.508 e. The first-order chi connectivity index (χ1) is 9.88. The van der Waals surface area contributed by atoms with Gasteiger partial charge in [-0.15, -0.1) is 0 Å². The van der Waals surface area contributed by atoms with Gasteiger partial charge in [-0.05, 0) is 44.9 Å². The topological polar surface area (TPSA) is 55.8 Å². The number of esters is 1. The van der Waals surface area contributed by atoms with Gasteiger partial charge in [0, 0.05) is 6.42 Å². The summed E-state index contributed by atoms with van der Waals surface area (Å²) in [7, 11) is 0. The van der Waals surface area contributed by atoms with E-state index in [1.807, 2.05) is 19.9 Å². The van der Waals surface area contributed by atoms with Crippen molar-refractivity contribution >= 4 is 5.97 Å². The van der Waals surface area contributed by atoms with Crippen molar-refractivity contribution in [1.29, 1.82) is 0 Å². The molecule has 0 aliphatic carbocycles. The first-order valence-electron chi connectivity index (χ1n) is 7.50. The van der Waals surface area contributed by atoms with E-state index in [1.54, 1.807) is 25.1 Å². The molecule has 21 heavy (non-hydrogen) atoms. The summed E-state index contributed by atoms with van der Waals surface area (Å²) >= 11 is 0. The number of aromatic hydroxyl groups is 1. The Balaban J connectivity index is 2.84. The minimum atomic E-state index is -0.659. The van der Waals surface area contributed by atoms with E-state index in [4.69, 9.17) is 9.47 Å². The molecular weight excluding hydrogens is 268 g/mol. The van der Waals surface area contributed by atoms with Gasteiger partial charge in [0.1, 0.15) is 5.75 Å². The fourth-order valence-electron chi connectivity index (χ4n) is 2.35. The van der Waals surface area contributed by atoms with Crippen molar-refractivity contribution in [3.8, 4) is 5.75 Å². The van der Waals surface area contributed by atoms with Crippen molar-refractivity contribution in [3.63, 3.8) is 0 Å². The molecule has 1 aromatic carbocycles. The lowest BCUT2D eigenvalue weighted by molar-refractivity contribution is -0.167. The third-order valence-electron chi connectivity index (χ3n) is 3.19. The monoisotopic (exact) mass is 294 g/mol. The lowest BCUT2D eigenvalue weighted by Gasteiger charge is -2.29. The molecule has 1 unspecified atom stereocenters. The van der Waals surface area contributed by atoms with E-state index < -0.39 is 6.10 Å². The number of benzene rings is 1. The summed E-state index contributed by atoms with van der Waals surface area (Å²) in [4.78, 5) is 12.1. The summed E-state index contributed by atoms with van der Waals surface area (Å²) < 4.78 is 11.1. The average molecular weight is 294 g/mol. The van der Waals surface area contributed by atoms with Gasteiger partial charge in [0.25, 0.3) is 0 Å². The second kappa shape index (κ2) is 8.03. The molecule has 4 heteroatoms. The minimum absolute atomic E-state index is 0.183. The van der Waals surface area contributed by atoms with Gasteiger partial charge < -0.3 is 14.6 Å². The Hall–Kier alpha value is -1.55. The van der Waals surface area contributed by atoms with E-state index in [0.29, 0.717) is 13.0 Å². The summed E-state index contributed by atoms with van der Waals surface area (Å²) in [5.74, 6) is -0.173. The molecule has 0 aromatic heterocycles. The van der Waals surface area contributed by atoms with Gasteiger partial charge in [-0.3, -0.25) is 0 Å². The lowest BCUT2D eigenvalue weighted by atomic mass is 10.0. The normalized spacial score (nSPS) is 13.0. The Morgan fingerprint density at radius 1 is 1.33 bits per heavy atom. The molecule has 0 fully saturated rings. The lowest BCUT2D eigenvalue weighted by Crippen LogP contribution is -2.37. The number of ether oxygens (including phenoxy) is 2. The quantitative estimate of drug-likeness (QED) is 0.746. The summed E-state index contributed by atoms with van der Waals surface area (Å²) in [6.07, 6.45) is 1.58. The van der Waals surface area contributed by atoms with Crippen LogP contribution < -0.4 is 0 Å². The van der Waals surface area contributed by atoms with Gasteiger partial charge in [0.15, 0.2) is 6.10 Å². The van der Waals surface area contributed by atoms with E-state index >= 15 is 0 Å². The van der Waals surface area contributed by atoms with Crippen LogP contribution in [0.1, 0.15) is 46.1 Å². The molecular formula is C17H26O4. The highest BCUT2D eigenvalue weighted by Gasteiger charge is 2.29. The summed E-state index contributed by atoms with van der Waals surface area (Å²) in [5.41, 5.74) is 0.462. The Labute approximate surface area is 127 Å². The zero-order valence-electron chi connectivity index (χ0n) is 13.4. The van der Waals surface area contributed by atoms with Gasteiger partial charge in [-0.25, -0.2) is 4.79 Å². The maximum atomic E-state index is 12.1. The standard InChI is InChI=1S/C17H26O4/c1-5-10-17(3,4)21-15(16(19)20-6-2)12-13-8-7-9-14(18)11-13/h7-9,11,15,18H,5-6,10,12H2,1-4H3. The van der Waals surface area contributed by atoms with Crippen LogP contribution >= 0.6 is 0 Å². The molecule has 0 bridgehead atoms. The highest BCUT2D eigenvalue weighted by atomic mass is 16.6. The zero-order valence-corrected chi connectivity index (χ0v) is 13.4. The molecule has 0 amide bonds. The summed E-state index contributed by atoms with van der Waals surface area (Å²) in [5, 5.41) is 9.53. The number of hydrogen-bond donors (Lipinski definition) is 1. The van der Waals surface area contributed by atoms with Crippen LogP contribution in [0.3, 0.4) is 0 Å². The molecule has 1 aromatic rings. The van der Waals surface area contributed by atoms with Gasteiger partial charge in [-0.2, -0.15) is 0 Å². The fraction of sp³-hybridized carbons (Fsp3) is 0.588. The molecule has 0 aliphatic rings. The van der Waals surface area contributed by atoms with E-state index in [0.717, 1.165) is 18.4 Å². The van der Waals surface area contributed by atoms with Crippen molar-refractivity contribution in [3.05, 3.63) is 29.8 Å². The van der Waals surface area contributed by atoms with Gasteiger partial charge in [-0.1, -0.05) is 25.5 Å². The van der Waals surface area contributed by atoms with E-state index in [9.17, 15) is 9.90 Å².